The molecule has 98 valence electrons. The summed E-state index contributed by atoms with van der Waals surface area (Å²) in [6.45, 7) is 6.00. The molecule has 0 spiro atoms. The summed E-state index contributed by atoms with van der Waals surface area (Å²) >= 11 is 0. The molecule has 0 saturated heterocycles. The molecule has 1 fully saturated rings. The molecule has 4 nitrogen and oxygen atoms in total. The predicted octanol–water partition coefficient (Wildman–Crippen LogP) is 2.28. The molecule has 1 amide bonds. The normalized spacial score (nSPS) is 17.1. The second kappa shape index (κ2) is 5.52. The number of carbonyl (C=O) groups excluding carboxylic acids is 1. The van der Waals surface area contributed by atoms with E-state index >= 15 is 0 Å². The van der Waals surface area contributed by atoms with Crippen LogP contribution in [0, 0.1) is 5.41 Å². The first-order valence-electron chi connectivity index (χ1n) is 6.35. The molecule has 1 rings (SSSR count). The lowest BCUT2D eigenvalue weighted by atomic mass is 9.93. The number of amides is 1. The first kappa shape index (κ1) is 14.0. The van der Waals surface area contributed by atoms with Crippen LogP contribution in [0.25, 0.3) is 0 Å². The average molecular weight is 241 g/mol. The van der Waals surface area contributed by atoms with Crippen molar-refractivity contribution in [1.82, 2.24) is 4.90 Å². The van der Waals surface area contributed by atoms with Gasteiger partial charge in [-0.3, -0.25) is 9.59 Å². The van der Waals surface area contributed by atoms with Gasteiger partial charge in [-0.15, -0.1) is 0 Å². The Balaban J connectivity index is 2.70. The minimum absolute atomic E-state index is 0.0400. The van der Waals surface area contributed by atoms with Gasteiger partial charge >= 0.3 is 5.97 Å². The molecule has 1 N–H and O–H groups in total. The number of carbonyl (C=O) groups is 2. The van der Waals surface area contributed by atoms with Crippen molar-refractivity contribution in [3.05, 3.63) is 0 Å². The van der Waals surface area contributed by atoms with Crippen LogP contribution < -0.4 is 0 Å². The molecular weight excluding hydrogens is 218 g/mol. The third kappa shape index (κ3) is 4.02. The zero-order chi connectivity index (χ0) is 13.1. The quantitative estimate of drug-likeness (QED) is 0.821. The molecule has 0 aromatic rings. The lowest BCUT2D eigenvalue weighted by molar-refractivity contribution is -0.144. The number of hydrogen-bond donors (Lipinski definition) is 1. The number of aliphatic carboxylic acids is 1. The van der Waals surface area contributed by atoms with Gasteiger partial charge in [0.05, 0.1) is 6.42 Å². The molecule has 0 radical (unpaired) electrons. The summed E-state index contributed by atoms with van der Waals surface area (Å²) in [7, 11) is 0. The molecule has 0 heterocycles. The van der Waals surface area contributed by atoms with Crippen LogP contribution in [0.5, 0.6) is 0 Å². The Kier molecular flexibility index (Phi) is 4.54. The van der Waals surface area contributed by atoms with Crippen LogP contribution in [0.1, 0.15) is 52.9 Å². The Morgan fingerprint density at radius 3 is 2.18 bits per heavy atom. The Morgan fingerprint density at radius 1 is 1.24 bits per heavy atom. The monoisotopic (exact) mass is 241 g/mol. The summed E-state index contributed by atoms with van der Waals surface area (Å²) in [5.74, 6) is -0.764. The van der Waals surface area contributed by atoms with Crippen molar-refractivity contribution >= 4 is 11.9 Å². The molecule has 0 aromatic carbocycles. The number of carboxylic acid groups (broad SMARTS) is 1. The molecule has 1 saturated carbocycles. The van der Waals surface area contributed by atoms with Crippen molar-refractivity contribution in [3.63, 3.8) is 0 Å². The van der Waals surface area contributed by atoms with Gasteiger partial charge in [-0.2, -0.15) is 0 Å². The van der Waals surface area contributed by atoms with Gasteiger partial charge < -0.3 is 10.0 Å². The number of carboxylic acids is 1. The molecule has 0 aromatic heterocycles. The smallest absolute Gasteiger partial charge is 0.305 e. The van der Waals surface area contributed by atoms with Crippen LogP contribution >= 0.6 is 0 Å². The highest BCUT2D eigenvalue weighted by Crippen LogP contribution is 2.28. The van der Waals surface area contributed by atoms with Crippen molar-refractivity contribution < 1.29 is 14.7 Å². The summed E-state index contributed by atoms with van der Waals surface area (Å²) in [5, 5.41) is 8.75. The number of hydrogen-bond acceptors (Lipinski definition) is 2. The van der Waals surface area contributed by atoms with Crippen LogP contribution in [0.4, 0.5) is 0 Å². The van der Waals surface area contributed by atoms with Crippen molar-refractivity contribution in [2.75, 3.05) is 6.54 Å². The fourth-order valence-electron chi connectivity index (χ4n) is 2.31. The highest BCUT2D eigenvalue weighted by Gasteiger charge is 2.33. The molecule has 0 atom stereocenters. The number of rotatable bonds is 4. The maximum Gasteiger partial charge on any atom is 0.305 e. The zero-order valence-corrected chi connectivity index (χ0v) is 11.0. The van der Waals surface area contributed by atoms with E-state index in [0.29, 0.717) is 6.54 Å². The van der Waals surface area contributed by atoms with E-state index in [1.165, 1.54) is 0 Å². The SMILES string of the molecule is CC(C)(C)C(=O)N(CCC(=O)O)C1CCCC1. The fourth-order valence-corrected chi connectivity index (χ4v) is 2.31. The Labute approximate surface area is 103 Å². The summed E-state index contributed by atoms with van der Waals surface area (Å²) < 4.78 is 0. The molecule has 1 aliphatic carbocycles. The van der Waals surface area contributed by atoms with Gasteiger partial charge in [0, 0.05) is 18.0 Å². The summed E-state index contributed by atoms with van der Waals surface area (Å²) in [6.07, 6.45) is 4.36. The lowest BCUT2D eigenvalue weighted by Gasteiger charge is -2.34. The third-order valence-electron chi connectivity index (χ3n) is 3.23. The van der Waals surface area contributed by atoms with E-state index in [1.807, 2.05) is 20.8 Å². The molecule has 17 heavy (non-hydrogen) atoms. The van der Waals surface area contributed by atoms with Gasteiger partial charge in [-0.1, -0.05) is 33.6 Å². The minimum Gasteiger partial charge on any atom is -0.481 e. The van der Waals surface area contributed by atoms with Crippen LogP contribution in [0.2, 0.25) is 0 Å². The molecule has 0 aliphatic heterocycles. The van der Waals surface area contributed by atoms with Gasteiger partial charge in [0.25, 0.3) is 0 Å². The Bertz CT molecular complexity index is 288. The van der Waals surface area contributed by atoms with Crippen molar-refractivity contribution in [1.29, 1.82) is 0 Å². The Morgan fingerprint density at radius 2 is 1.76 bits per heavy atom. The first-order valence-corrected chi connectivity index (χ1v) is 6.35. The summed E-state index contributed by atoms with van der Waals surface area (Å²) in [6, 6.07) is 0.251. The van der Waals surface area contributed by atoms with Crippen LogP contribution in [0.15, 0.2) is 0 Å². The molecule has 0 bridgehead atoms. The highest BCUT2D eigenvalue weighted by atomic mass is 16.4. The van der Waals surface area contributed by atoms with E-state index in [2.05, 4.69) is 0 Å². The predicted molar refractivity (Wildman–Crippen MR) is 65.7 cm³/mol. The van der Waals surface area contributed by atoms with Gasteiger partial charge in [-0.05, 0) is 12.8 Å². The van der Waals surface area contributed by atoms with E-state index < -0.39 is 11.4 Å². The van der Waals surface area contributed by atoms with Crippen LogP contribution in [-0.4, -0.2) is 34.5 Å². The summed E-state index contributed by atoms with van der Waals surface area (Å²) in [5.41, 5.74) is -0.429. The largest absolute Gasteiger partial charge is 0.481 e. The molecule has 1 aliphatic rings. The minimum atomic E-state index is -0.838. The van der Waals surface area contributed by atoms with E-state index in [4.69, 9.17) is 5.11 Å². The lowest BCUT2D eigenvalue weighted by Crippen LogP contribution is -2.45. The van der Waals surface area contributed by atoms with Crippen LogP contribution in [-0.2, 0) is 9.59 Å². The maximum atomic E-state index is 12.3. The summed E-state index contributed by atoms with van der Waals surface area (Å²) in [4.78, 5) is 24.7. The van der Waals surface area contributed by atoms with Crippen molar-refractivity contribution in [2.24, 2.45) is 5.41 Å². The number of nitrogens with zero attached hydrogens (tertiary/aromatic N) is 1. The third-order valence-corrected chi connectivity index (χ3v) is 3.23. The Hall–Kier alpha value is -1.06. The second-order valence-electron chi connectivity index (χ2n) is 5.83. The van der Waals surface area contributed by atoms with E-state index in [0.717, 1.165) is 25.7 Å². The highest BCUT2D eigenvalue weighted by molar-refractivity contribution is 5.82. The van der Waals surface area contributed by atoms with Crippen molar-refractivity contribution in [2.45, 2.75) is 58.9 Å². The average Bonchev–Trinajstić information content (AvgIpc) is 2.69. The second-order valence-corrected chi connectivity index (χ2v) is 5.83. The topological polar surface area (TPSA) is 57.6 Å². The van der Waals surface area contributed by atoms with E-state index in [-0.39, 0.29) is 18.4 Å². The van der Waals surface area contributed by atoms with Crippen LogP contribution in [0.3, 0.4) is 0 Å². The first-order chi connectivity index (χ1) is 7.82. The molecule has 0 unspecified atom stereocenters. The standard InChI is InChI=1S/C13H23NO3/c1-13(2,3)12(17)14(9-8-11(15)16)10-6-4-5-7-10/h10H,4-9H2,1-3H3,(H,15,16). The zero-order valence-electron chi connectivity index (χ0n) is 11.0. The van der Waals surface area contributed by atoms with Gasteiger partial charge in [0.2, 0.25) is 5.91 Å². The van der Waals surface area contributed by atoms with Gasteiger partial charge in [0.15, 0.2) is 0 Å². The fraction of sp³-hybridized carbons (Fsp3) is 0.846. The van der Waals surface area contributed by atoms with E-state index in [1.54, 1.807) is 4.90 Å². The molecular formula is C13H23NO3. The van der Waals surface area contributed by atoms with Crippen molar-refractivity contribution in [3.8, 4) is 0 Å². The van der Waals surface area contributed by atoms with E-state index in [9.17, 15) is 9.59 Å². The maximum absolute atomic E-state index is 12.3. The van der Waals surface area contributed by atoms with Gasteiger partial charge in [-0.25, -0.2) is 0 Å². The molecule has 4 heteroatoms. The van der Waals surface area contributed by atoms with Gasteiger partial charge in [0.1, 0.15) is 0 Å².